The van der Waals surface area contributed by atoms with E-state index in [0.717, 1.165) is 16.6 Å². The molecular weight excluding hydrogens is 362 g/mol. The van der Waals surface area contributed by atoms with Crippen LogP contribution in [0, 0.1) is 6.92 Å². The quantitative estimate of drug-likeness (QED) is 0.706. The first-order valence-corrected chi connectivity index (χ1v) is 10.0. The molecular formula is C20H21N3O3S. The van der Waals surface area contributed by atoms with Crippen molar-refractivity contribution in [2.75, 3.05) is 5.32 Å². The van der Waals surface area contributed by atoms with Crippen molar-refractivity contribution in [3.63, 3.8) is 0 Å². The Kier molecular flexibility index (Phi) is 5.25. The van der Waals surface area contributed by atoms with Gasteiger partial charge in [0.15, 0.2) is 0 Å². The third kappa shape index (κ3) is 4.32. The lowest BCUT2D eigenvalue weighted by Gasteiger charge is -2.11. The summed E-state index contributed by atoms with van der Waals surface area (Å²) in [6.45, 7) is 5.35. The third-order valence-electron chi connectivity index (χ3n) is 3.90. The van der Waals surface area contributed by atoms with E-state index in [1.807, 2.05) is 31.2 Å². The number of sulfonamides is 1. The fourth-order valence-electron chi connectivity index (χ4n) is 2.79. The molecule has 0 fully saturated rings. The number of anilines is 1. The van der Waals surface area contributed by atoms with Crippen LogP contribution in [0.5, 0.6) is 0 Å². The van der Waals surface area contributed by atoms with E-state index in [0.29, 0.717) is 11.3 Å². The molecule has 0 atom stereocenters. The summed E-state index contributed by atoms with van der Waals surface area (Å²) in [5.41, 5.74) is 2.54. The number of hydrogen-bond donors (Lipinski definition) is 2. The summed E-state index contributed by atoms with van der Waals surface area (Å²) in [6, 6.07) is 15.1. The largest absolute Gasteiger partial charge is 0.322 e. The number of amides is 1. The number of carbonyl (C=O) groups is 1. The van der Waals surface area contributed by atoms with Crippen LogP contribution in [-0.4, -0.2) is 25.4 Å². The topological polar surface area (TPSA) is 88.2 Å². The highest BCUT2D eigenvalue weighted by molar-refractivity contribution is 7.89. The second-order valence-electron chi connectivity index (χ2n) is 6.58. The van der Waals surface area contributed by atoms with E-state index >= 15 is 0 Å². The predicted molar refractivity (Wildman–Crippen MR) is 106 cm³/mol. The minimum atomic E-state index is -3.56. The first kappa shape index (κ1) is 19.0. The number of nitrogens with zero attached hydrogens (tertiary/aromatic N) is 1. The zero-order chi connectivity index (χ0) is 19.6. The van der Waals surface area contributed by atoms with Crippen LogP contribution in [0.2, 0.25) is 0 Å². The lowest BCUT2D eigenvalue weighted by atomic mass is 10.1. The normalized spacial score (nSPS) is 11.7. The highest BCUT2D eigenvalue weighted by atomic mass is 32.2. The van der Waals surface area contributed by atoms with Crippen LogP contribution in [-0.2, 0) is 10.0 Å². The molecule has 0 aliphatic rings. The number of pyridine rings is 1. The van der Waals surface area contributed by atoms with Crippen molar-refractivity contribution in [3.8, 4) is 0 Å². The number of hydrogen-bond acceptors (Lipinski definition) is 4. The van der Waals surface area contributed by atoms with Gasteiger partial charge in [0.25, 0.3) is 5.91 Å². The highest BCUT2D eigenvalue weighted by Gasteiger charge is 2.16. The fourth-order valence-corrected chi connectivity index (χ4v) is 4.04. The molecule has 0 bridgehead atoms. The summed E-state index contributed by atoms with van der Waals surface area (Å²) in [6.07, 6.45) is 0. The molecule has 7 heteroatoms. The number of aromatic nitrogens is 1. The Labute approximate surface area is 158 Å². The van der Waals surface area contributed by atoms with Crippen molar-refractivity contribution in [1.29, 1.82) is 0 Å². The molecule has 140 valence electrons. The molecule has 0 unspecified atom stereocenters. The number of nitrogens with one attached hydrogen (secondary N) is 2. The number of fused-ring (bicyclic) bond motifs is 1. The summed E-state index contributed by atoms with van der Waals surface area (Å²) >= 11 is 0. The zero-order valence-corrected chi connectivity index (χ0v) is 16.2. The molecule has 0 radical (unpaired) electrons. The van der Waals surface area contributed by atoms with Crippen LogP contribution in [0.25, 0.3) is 10.9 Å². The first-order chi connectivity index (χ1) is 12.8. The van der Waals surface area contributed by atoms with Crippen LogP contribution in [0.1, 0.15) is 29.9 Å². The van der Waals surface area contributed by atoms with Gasteiger partial charge in [0, 0.05) is 22.8 Å². The lowest BCUT2D eigenvalue weighted by molar-refractivity contribution is 0.102. The minimum Gasteiger partial charge on any atom is -0.322 e. The summed E-state index contributed by atoms with van der Waals surface area (Å²) in [5.74, 6) is -0.271. The molecule has 6 nitrogen and oxygen atoms in total. The molecule has 2 N–H and O–H groups in total. The average Bonchev–Trinajstić information content (AvgIpc) is 2.60. The number of benzene rings is 2. The van der Waals surface area contributed by atoms with E-state index < -0.39 is 10.0 Å². The van der Waals surface area contributed by atoms with Gasteiger partial charge < -0.3 is 5.32 Å². The van der Waals surface area contributed by atoms with E-state index in [9.17, 15) is 13.2 Å². The summed E-state index contributed by atoms with van der Waals surface area (Å²) in [4.78, 5) is 17.3. The Bertz CT molecular complexity index is 1090. The number of carbonyl (C=O) groups excluding carboxylic acids is 1. The van der Waals surface area contributed by atoms with Gasteiger partial charge in [-0.1, -0.05) is 18.2 Å². The predicted octanol–water partition coefficient (Wildman–Crippen LogP) is 3.48. The van der Waals surface area contributed by atoms with Crippen molar-refractivity contribution in [3.05, 3.63) is 65.9 Å². The maximum atomic E-state index is 12.7. The lowest BCUT2D eigenvalue weighted by Crippen LogP contribution is -2.30. The smallest absolute Gasteiger partial charge is 0.256 e. The van der Waals surface area contributed by atoms with Gasteiger partial charge >= 0.3 is 0 Å². The van der Waals surface area contributed by atoms with Crippen LogP contribution < -0.4 is 10.0 Å². The molecule has 3 rings (SSSR count). The maximum absolute atomic E-state index is 12.7. The van der Waals surface area contributed by atoms with Crippen LogP contribution in [0.4, 0.5) is 5.69 Å². The zero-order valence-electron chi connectivity index (χ0n) is 15.4. The van der Waals surface area contributed by atoms with Gasteiger partial charge in [-0.25, -0.2) is 13.1 Å². The van der Waals surface area contributed by atoms with Gasteiger partial charge in [-0.2, -0.15) is 0 Å². The highest BCUT2D eigenvalue weighted by Crippen LogP contribution is 2.20. The third-order valence-corrected chi connectivity index (χ3v) is 5.58. The van der Waals surface area contributed by atoms with Gasteiger partial charge in [-0.05, 0) is 57.2 Å². The first-order valence-electron chi connectivity index (χ1n) is 8.56. The molecule has 2 aromatic carbocycles. The van der Waals surface area contributed by atoms with Crippen LogP contribution in [0.3, 0.4) is 0 Å². The second-order valence-corrected chi connectivity index (χ2v) is 8.30. The summed E-state index contributed by atoms with van der Waals surface area (Å²) in [7, 11) is -3.56. The molecule has 1 aromatic heterocycles. The Balaban J connectivity index is 1.85. The van der Waals surface area contributed by atoms with E-state index in [2.05, 4.69) is 15.0 Å². The summed E-state index contributed by atoms with van der Waals surface area (Å²) in [5, 5.41) is 3.58. The monoisotopic (exact) mass is 383 g/mol. The molecule has 0 aliphatic carbocycles. The second kappa shape index (κ2) is 7.46. The van der Waals surface area contributed by atoms with Gasteiger partial charge in [-0.15, -0.1) is 0 Å². The SMILES string of the molecule is Cc1cc(C(=O)Nc2ccc(S(=O)(=O)NC(C)C)cc2)c2ccccc2n1. The Morgan fingerprint density at radius 1 is 1.04 bits per heavy atom. The van der Waals surface area contributed by atoms with Crippen LogP contribution in [0.15, 0.2) is 59.5 Å². The molecule has 0 aliphatic heterocycles. The summed E-state index contributed by atoms with van der Waals surface area (Å²) < 4.78 is 26.9. The molecule has 3 aromatic rings. The Hall–Kier alpha value is -2.77. The van der Waals surface area contributed by atoms with Crippen molar-refractivity contribution in [2.45, 2.75) is 31.7 Å². The van der Waals surface area contributed by atoms with E-state index in [4.69, 9.17) is 0 Å². The number of para-hydroxylation sites is 1. The molecule has 0 saturated carbocycles. The Morgan fingerprint density at radius 3 is 2.37 bits per heavy atom. The van der Waals surface area contributed by atoms with E-state index in [1.54, 1.807) is 32.0 Å². The maximum Gasteiger partial charge on any atom is 0.256 e. The van der Waals surface area contributed by atoms with Crippen LogP contribution >= 0.6 is 0 Å². The fraction of sp³-hybridized carbons (Fsp3) is 0.200. The van der Waals surface area contributed by atoms with E-state index in [1.165, 1.54) is 12.1 Å². The number of aryl methyl sites for hydroxylation is 1. The molecule has 0 spiro atoms. The van der Waals surface area contributed by atoms with Crippen molar-refractivity contribution >= 4 is 32.5 Å². The minimum absolute atomic E-state index is 0.152. The number of rotatable bonds is 5. The van der Waals surface area contributed by atoms with Gasteiger partial charge in [0.05, 0.1) is 16.0 Å². The molecule has 0 saturated heterocycles. The Morgan fingerprint density at radius 2 is 1.70 bits per heavy atom. The van der Waals surface area contributed by atoms with Gasteiger partial charge in [0.2, 0.25) is 10.0 Å². The van der Waals surface area contributed by atoms with Crippen molar-refractivity contribution in [1.82, 2.24) is 9.71 Å². The molecule has 27 heavy (non-hydrogen) atoms. The van der Waals surface area contributed by atoms with Crippen molar-refractivity contribution < 1.29 is 13.2 Å². The van der Waals surface area contributed by atoms with Crippen molar-refractivity contribution in [2.24, 2.45) is 0 Å². The molecule has 1 heterocycles. The van der Waals surface area contributed by atoms with Gasteiger partial charge in [0.1, 0.15) is 0 Å². The average molecular weight is 383 g/mol. The standard InChI is InChI=1S/C20H21N3O3S/c1-13(2)23-27(25,26)16-10-8-15(9-11-16)22-20(24)18-12-14(3)21-19-7-5-4-6-17(18)19/h4-13,23H,1-3H3,(H,22,24). The van der Waals surface area contributed by atoms with E-state index in [-0.39, 0.29) is 16.8 Å². The van der Waals surface area contributed by atoms with Gasteiger partial charge in [-0.3, -0.25) is 9.78 Å². The molecule has 1 amide bonds.